The van der Waals surface area contributed by atoms with Crippen LogP contribution in [0, 0.1) is 5.92 Å². The molecule has 3 nitrogen and oxygen atoms in total. The minimum atomic E-state index is -1.10. The molecule has 0 aromatic carbocycles. The summed E-state index contributed by atoms with van der Waals surface area (Å²) in [6.45, 7) is 0. The first kappa shape index (κ1) is 9.68. The van der Waals surface area contributed by atoms with Gasteiger partial charge >= 0.3 is 0 Å². The lowest BCUT2D eigenvalue weighted by molar-refractivity contribution is -0.186. The van der Waals surface area contributed by atoms with E-state index in [4.69, 9.17) is 9.47 Å². The van der Waals surface area contributed by atoms with E-state index in [0.29, 0.717) is 0 Å². The number of rotatable bonds is 4. The third-order valence-electron chi connectivity index (χ3n) is 2.64. The smallest absolute Gasteiger partial charge is 0.263 e. The normalized spacial score (nSPS) is 19.8. The lowest BCUT2D eigenvalue weighted by Crippen LogP contribution is -2.42. The van der Waals surface area contributed by atoms with Crippen molar-refractivity contribution in [3.8, 4) is 0 Å². The zero-order valence-corrected chi connectivity index (χ0v) is 7.63. The summed E-state index contributed by atoms with van der Waals surface area (Å²) in [4.78, 5) is 10.7. The van der Waals surface area contributed by atoms with Crippen LogP contribution in [0.15, 0.2) is 0 Å². The van der Waals surface area contributed by atoms with Gasteiger partial charge in [0.1, 0.15) is 0 Å². The first-order chi connectivity index (χ1) is 5.79. The lowest BCUT2D eigenvalue weighted by atomic mass is 9.98. The molecule has 1 rings (SSSR count). The van der Waals surface area contributed by atoms with Crippen LogP contribution in [0.5, 0.6) is 0 Å². The first-order valence-corrected chi connectivity index (χ1v) is 4.28. The van der Waals surface area contributed by atoms with Crippen molar-refractivity contribution in [1.29, 1.82) is 0 Å². The summed E-state index contributed by atoms with van der Waals surface area (Å²) in [7, 11) is 2.99. The Morgan fingerprint density at radius 2 is 1.75 bits per heavy atom. The number of ether oxygens (including phenoxy) is 2. The van der Waals surface area contributed by atoms with Crippen LogP contribution in [-0.2, 0) is 14.3 Å². The van der Waals surface area contributed by atoms with Crippen LogP contribution in [0.1, 0.15) is 25.7 Å². The minimum absolute atomic E-state index is 0.185. The fourth-order valence-electron chi connectivity index (χ4n) is 1.89. The Kier molecular flexibility index (Phi) is 3.23. The molecule has 0 aliphatic heterocycles. The number of carbonyl (C=O) groups excluding carboxylic acids is 1. The van der Waals surface area contributed by atoms with Gasteiger partial charge in [-0.05, 0) is 12.8 Å². The van der Waals surface area contributed by atoms with Gasteiger partial charge < -0.3 is 9.47 Å². The molecule has 1 fully saturated rings. The van der Waals surface area contributed by atoms with Gasteiger partial charge in [-0.25, -0.2) is 0 Å². The molecular formula is C9H15O3. The molecule has 3 heteroatoms. The van der Waals surface area contributed by atoms with Crippen LogP contribution in [-0.4, -0.2) is 26.3 Å². The van der Waals surface area contributed by atoms with Crippen molar-refractivity contribution in [3.05, 3.63) is 0 Å². The second-order valence-corrected chi connectivity index (χ2v) is 3.16. The highest BCUT2D eigenvalue weighted by Gasteiger charge is 2.41. The van der Waals surface area contributed by atoms with Crippen molar-refractivity contribution in [3.63, 3.8) is 0 Å². The van der Waals surface area contributed by atoms with E-state index >= 15 is 0 Å². The molecule has 0 aromatic heterocycles. The summed E-state index contributed by atoms with van der Waals surface area (Å²) in [6.07, 6.45) is 6.16. The molecule has 1 aliphatic rings. The third-order valence-corrected chi connectivity index (χ3v) is 2.64. The van der Waals surface area contributed by atoms with Crippen LogP contribution in [0.2, 0.25) is 0 Å². The fraction of sp³-hybridized carbons (Fsp3) is 0.889. The van der Waals surface area contributed by atoms with Crippen LogP contribution >= 0.6 is 0 Å². The Morgan fingerprint density at radius 1 is 1.25 bits per heavy atom. The third kappa shape index (κ3) is 1.52. The molecule has 0 amide bonds. The Hall–Kier alpha value is -0.410. The van der Waals surface area contributed by atoms with Crippen molar-refractivity contribution < 1.29 is 14.3 Å². The van der Waals surface area contributed by atoms with Crippen molar-refractivity contribution in [2.24, 2.45) is 5.92 Å². The molecular weight excluding hydrogens is 156 g/mol. The van der Waals surface area contributed by atoms with E-state index in [0.717, 1.165) is 25.7 Å². The largest absolute Gasteiger partial charge is 0.346 e. The van der Waals surface area contributed by atoms with Crippen molar-refractivity contribution in [2.45, 2.75) is 31.5 Å². The monoisotopic (exact) mass is 171 g/mol. The fourth-order valence-corrected chi connectivity index (χ4v) is 1.89. The van der Waals surface area contributed by atoms with E-state index in [1.54, 1.807) is 0 Å². The molecule has 69 valence electrons. The molecule has 1 radical (unpaired) electrons. The minimum Gasteiger partial charge on any atom is -0.346 e. The topological polar surface area (TPSA) is 35.5 Å². The molecule has 0 bridgehead atoms. The van der Waals surface area contributed by atoms with Gasteiger partial charge in [0.15, 0.2) is 0 Å². The number of hydrogen-bond donors (Lipinski definition) is 0. The van der Waals surface area contributed by atoms with E-state index < -0.39 is 5.79 Å². The average molecular weight is 171 g/mol. The Labute approximate surface area is 73.0 Å². The summed E-state index contributed by atoms with van der Waals surface area (Å²) in [5.41, 5.74) is 0. The highest BCUT2D eigenvalue weighted by molar-refractivity contribution is 5.61. The maximum Gasteiger partial charge on any atom is 0.263 e. The van der Waals surface area contributed by atoms with Crippen LogP contribution in [0.3, 0.4) is 0 Å². The zero-order valence-electron chi connectivity index (χ0n) is 7.63. The first-order valence-electron chi connectivity index (χ1n) is 4.28. The summed E-state index contributed by atoms with van der Waals surface area (Å²) >= 11 is 0. The van der Waals surface area contributed by atoms with Crippen LogP contribution in [0.4, 0.5) is 0 Å². The van der Waals surface area contributed by atoms with Gasteiger partial charge in [0.2, 0.25) is 5.79 Å². The highest BCUT2D eigenvalue weighted by atomic mass is 16.7. The Morgan fingerprint density at radius 3 is 2.08 bits per heavy atom. The standard InChI is InChI=1S/C9H15O3/c1-11-9(7-10,12-2)8-5-3-4-6-8/h8H,3-6H2,1-2H3. The molecule has 0 unspecified atom stereocenters. The highest BCUT2D eigenvalue weighted by Crippen LogP contribution is 2.35. The van der Waals surface area contributed by atoms with Crippen molar-refractivity contribution >= 4 is 6.29 Å². The number of methoxy groups -OCH3 is 2. The average Bonchev–Trinajstić information content (AvgIpc) is 2.62. The lowest BCUT2D eigenvalue weighted by Gasteiger charge is -2.29. The zero-order chi connectivity index (χ0) is 9.03. The summed E-state index contributed by atoms with van der Waals surface area (Å²) < 4.78 is 10.1. The van der Waals surface area contributed by atoms with E-state index in [1.807, 2.05) is 6.29 Å². The Bertz CT molecular complexity index is 146. The molecule has 0 atom stereocenters. The number of hydrogen-bond acceptors (Lipinski definition) is 3. The van der Waals surface area contributed by atoms with E-state index in [-0.39, 0.29) is 5.92 Å². The van der Waals surface area contributed by atoms with Gasteiger partial charge in [-0.3, -0.25) is 4.79 Å². The summed E-state index contributed by atoms with van der Waals surface area (Å²) in [6, 6.07) is 0. The summed E-state index contributed by atoms with van der Waals surface area (Å²) in [5.74, 6) is -0.916. The molecule has 12 heavy (non-hydrogen) atoms. The van der Waals surface area contributed by atoms with Crippen LogP contribution < -0.4 is 0 Å². The maximum absolute atomic E-state index is 10.7. The Balaban J connectivity index is 2.68. The van der Waals surface area contributed by atoms with Gasteiger partial charge in [-0.1, -0.05) is 12.8 Å². The molecule has 1 saturated carbocycles. The SMILES string of the molecule is COC([C]=O)(OC)C1CCCC1. The molecule has 0 N–H and O–H groups in total. The van der Waals surface area contributed by atoms with E-state index in [2.05, 4.69) is 0 Å². The van der Waals surface area contributed by atoms with Gasteiger partial charge in [0.05, 0.1) is 0 Å². The van der Waals surface area contributed by atoms with E-state index in [1.165, 1.54) is 14.2 Å². The van der Waals surface area contributed by atoms with Crippen molar-refractivity contribution in [2.75, 3.05) is 14.2 Å². The quantitative estimate of drug-likeness (QED) is 0.598. The predicted molar refractivity (Wildman–Crippen MR) is 44.4 cm³/mol. The molecule has 0 spiro atoms. The second kappa shape index (κ2) is 4.01. The van der Waals surface area contributed by atoms with Gasteiger partial charge in [0, 0.05) is 20.1 Å². The van der Waals surface area contributed by atoms with E-state index in [9.17, 15) is 4.79 Å². The summed E-state index contributed by atoms with van der Waals surface area (Å²) in [5, 5.41) is 0. The van der Waals surface area contributed by atoms with Gasteiger partial charge in [0.25, 0.3) is 6.29 Å². The maximum atomic E-state index is 10.7. The van der Waals surface area contributed by atoms with Crippen LogP contribution in [0.25, 0.3) is 0 Å². The van der Waals surface area contributed by atoms with Gasteiger partial charge in [-0.15, -0.1) is 0 Å². The molecule has 0 aromatic rings. The predicted octanol–water partition coefficient (Wildman–Crippen LogP) is 1.28. The second-order valence-electron chi connectivity index (χ2n) is 3.16. The molecule has 0 saturated heterocycles. The van der Waals surface area contributed by atoms with Crippen molar-refractivity contribution in [1.82, 2.24) is 0 Å². The van der Waals surface area contributed by atoms with Gasteiger partial charge in [-0.2, -0.15) is 0 Å². The molecule has 0 heterocycles. The molecule has 1 aliphatic carbocycles.